The smallest absolute Gasteiger partial charge is 0.269 e. The summed E-state index contributed by atoms with van der Waals surface area (Å²) in [7, 11) is -2.05. The fourth-order valence-corrected chi connectivity index (χ4v) is 4.08. The predicted molar refractivity (Wildman–Crippen MR) is 109 cm³/mol. The summed E-state index contributed by atoms with van der Waals surface area (Å²) < 4.78 is 31.7. The van der Waals surface area contributed by atoms with Crippen molar-refractivity contribution in [2.75, 3.05) is 20.2 Å². The van der Waals surface area contributed by atoms with Crippen molar-refractivity contribution in [1.29, 1.82) is 0 Å². The van der Waals surface area contributed by atoms with Crippen LogP contribution in [0.1, 0.15) is 29.8 Å². The molecule has 0 aliphatic carbocycles. The van der Waals surface area contributed by atoms with Crippen LogP contribution in [0.3, 0.4) is 0 Å². The third kappa shape index (κ3) is 4.90. The largest absolute Gasteiger partial charge is 0.497 e. The van der Waals surface area contributed by atoms with Crippen LogP contribution in [0.25, 0.3) is 5.70 Å². The standard InChI is InChI=1S/C20H25N3O4S/c1-5-23(6-2)28(25,26)19-9-7-8-17(14-19)20(24)22-21-15(3)16-10-12-18(27-4)13-11-16/h7-14,21H,3,5-6H2,1-2,4H3,(H,22,24). The van der Waals surface area contributed by atoms with Crippen LogP contribution < -0.4 is 15.6 Å². The summed E-state index contributed by atoms with van der Waals surface area (Å²) in [4.78, 5) is 12.5. The molecule has 8 heteroatoms. The van der Waals surface area contributed by atoms with Gasteiger partial charge in [0.25, 0.3) is 5.91 Å². The summed E-state index contributed by atoms with van der Waals surface area (Å²) in [5.74, 6) is 0.248. The molecule has 7 nitrogen and oxygen atoms in total. The fraction of sp³-hybridized carbons (Fsp3) is 0.250. The number of nitrogens with zero attached hydrogens (tertiary/aromatic N) is 1. The second-order valence-electron chi connectivity index (χ2n) is 5.90. The zero-order chi connectivity index (χ0) is 20.7. The molecular formula is C20H25N3O4S. The van der Waals surface area contributed by atoms with Crippen LogP contribution in [0.4, 0.5) is 0 Å². The molecule has 0 radical (unpaired) electrons. The van der Waals surface area contributed by atoms with E-state index in [2.05, 4.69) is 17.4 Å². The average Bonchev–Trinajstić information content (AvgIpc) is 2.72. The van der Waals surface area contributed by atoms with Gasteiger partial charge in [-0.15, -0.1) is 0 Å². The van der Waals surface area contributed by atoms with Crippen molar-refractivity contribution in [2.24, 2.45) is 0 Å². The number of carbonyl (C=O) groups is 1. The third-order valence-corrected chi connectivity index (χ3v) is 6.25. The number of hydrogen-bond acceptors (Lipinski definition) is 5. The first-order chi connectivity index (χ1) is 13.3. The van der Waals surface area contributed by atoms with Crippen molar-refractivity contribution in [2.45, 2.75) is 18.7 Å². The third-order valence-electron chi connectivity index (χ3n) is 4.20. The number of sulfonamides is 1. The Morgan fingerprint density at radius 2 is 1.68 bits per heavy atom. The number of methoxy groups -OCH3 is 1. The summed E-state index contributed by atoms with van der Waals surface area (Å²) in [6.45, 7) is 8.14. The number of hydrogen-bond donors (Lipinski definition) is 2. The van der Waals surface area contributed by atoms with Crippen molar-refractivity contribution in [3.63, 3.8) is 0 Å². The first-order valence-corrected chi connectivity index (χ1v) is 10.3. The molecule has 0 aliphatic rings. The van der Waals surface area contributed by atoms with Gasteiger partial charge in [0.05, 0.1) is 17.7 Å². The van der Waals surface area contributed by atoms with E-state index in [9.17, 15) is 13.2 Å². The molecule has 0 saturated heterocycles. The SMILES string of the molecule is C=C(NNC(=O)c1cccc(S(=O)(=O)N(CC)CC)c1)c1ccc(OC)cc1. The molecule has 0 saturated carbocycles. The molecule has 150 valence electrons. The van der Waals surface area contributed by atoms with Crippen LogP contribution in [0.2, 0.25) is 0 Å². The molecule has 0 heterocycles. The predicted octanol–water partition coefficient (Wildman–Crippen LogP) is 2.63. The summed E-state index contributed by atoms with van der Waals surface area (Å²) >= 11 is 0. The van der Waals surface area contributed by atoms with Crippen molar-refractivity contribution < 1.29 is 17.9 Å². The molecule has 2 N–H and O–H groups in total. The van der Waals surface area contributed by atoms with Crippen LogP contribution in [0.15, 0.2) is 60.0 Å². The van der Waals surface area contributed by atoms with Crippen molar-refractivity contribution >= 4 is 21.6 Å². The quantitative estimate of drug-likeness (QED) is 0.629. The second-order valence-corrected chi connectivity index (χ2v) is 7.84. The summed E-state index contributed by atoms with van der Waals surface area (Å²) in [5.41, 5.74) is 6.77. The highest BCUT2D eigenvalue weighted by atomic mass is 32.2. The number of ether oxygens (including phenoxy) is 1. The summed E-state index contributed by atoms with van der Waals surface area (Å²) in [5, 5.41) is 0. The van der Waals surface area contributed by atoms with E-state index < -0.39 is 15.9 Å². The molecule has 0 bridgehead atoms. The van der Waals surface area contributed by atoms with Crippen LogP contribution in [-0.2, 0) is 10.0 Å². The molecule has 0 atom stereocenters. The van der Waals surface area contributed by atoms with Crippen LogP contribution in [0, 0.1) is 0 Å². The topological polar surface area (TPSA) is 87.7 Å². The summed E-state index contributed by atoms with van der Waals surface area (Å²) in [6, 6.07) is 13.1. The van der Waals surface area contributed by atoms with Crippen LogP contribution in [-0.4, -0.2) is 38.8 Å². The molecule has 0 fully saturated rings. The van der Waals surface area contributed by atoms with E-state index in [4.69, 9.17) is 4.74 Å². The van der Waals surface area contributed by atoms with Gasteiger partial charge in [-0.25, -0.2) is 8.42 Å². The van der Waals surface area contributed by atoms with E-state index in [1.807, 2.05) is 0 Å². The van der Waals surface area contributed by atoms with Gasteiger partial charge < -0.3 is 4.74 Å². The van der Waals surface area contributed by atoms with Gasteiger partial charge in [0, 0.05) is 18.7 Å². The Balaban J connectivity index is 2.09. The van der Waals surface area contributed by atoms with Gasteiger partial charge in [0.2, 0.25) is 10.0 Å². The van der Waals surface area contributed by atoms with Gasteiger partial charge in [-0.2, -0.15) is 4.31 Å². The minimum atomic E-state index is -3.63. The fourth-order valence-electron chi connectivity index (χ4n) is 2.58. The maximum Gasteiger partial charge on any atom is 0.269 e. The molecule has 0 aromatic heterocycles. The lowest BCUT2D eigenvalue weighted by Crippen LogP contribution is -2.36. The van der Waals surface area contributed by atoms with E-state index >= 15 is 0 Å². The highest BCUT2D eigenvalue weighted by Crippen LogP contribution is 2.17. The zero-order valence-corrected chi connectivity index (χ0v) is 17.0. The monoisotopic (exact) mass is 403 g/mol. The Labute approximate surface area is 166 Å². The molecule has 2 rings (SSSR count). The highest BCUT2D eigenvalue weighted by Gasteiger charge is 2.22. The average molecular weight is 404 g/mol. The van der Waals surface area contributed by atoms with Gasteiger partial charge in [0.1, 0.15) is 5.75 Å². The Hall–Kier alpha value is -2.84. The zero-order valence-electron chi connectivity index (χ0n) is 16.2. The van der Waals surface area contributed by atoms with E-state index in [0.717, 1.165) is 5.56 Å². The lowest BCUT2D eigenvalue weighted by Gasteiger charge is -2.18. The number of carbonyl (C=O) groups excluding carboxylic acids is 1. The summed E-state index contributed by atoms with van der Waals surface area (Å²) in [6.07, 6.45) is 0. The number of amides is 1. The molecule has 0 unspecified atom stereocenters. The van der Waals surface area contributed by atoms with E-state index in [0.29, 0.717) is 24.5 Å². The van der Waals surface area contributed by atoms with Gasteiger partial charge in [-0.1, -0.05) is 26.5 Å². The van der Waals surface area contributed by atoms with Crippen LogP contribution >= 0.6 is 0 Å². The maximum absolute atomic E-state index is 12.6. The Bertz CT molecular complexity index is 936. The minimum absolute atomic E-state index is 0.0813. The van der Waals surface area contributed by atoms with Crippen molar-refractivity contribution in [3.05, 3.63) is 66.2 Å². The van der Waals surface area contributed by atoms with Crippen LogP contribution in [0.5, 0.6) is 5.75 Å². The Morgan fingerprint density at radius 3 is 2.25 bits per heavy atom. The normalized spacial score (nSPS) is 11.1. The van der Waals surface area contributed by atoms with E-state index in [1.165, 1.54) is 16.4 Å². The molecule has 28 heavy (non-hydrogen) atoms. The van der Waals surface area contributed by atoms with Crippen molar-refractivity contribution in [3.8, 4) is 5.75 Å². The van der Waals surface area contributed by atoms with Gasteiger partial charge in [-0.3, -0.25) is 15.6 Å². The van der Waals surface area contributed by atoms with Gasteiger partial charge >= 0.3 is 0 Å². The first kappa shape index (κ1) is 21.5. The van der Waals surface area contributed by atoms with Gasteiger partial charge in [0.15, 0.2) is 0 Å². The Kier molecular flexibility index (Phi) is 7.19. The van der Waals surface area contributed by atoms with Crippen molar-refractivity contribution in [1.82, 2.24) is 15.2 Å². The number of nitrogens with one attached hydrogen (secondary N) is 2. The van der Waals surface area contributed by atoms with E-state index in [-0.39, 0.29) is 10.5 Å². The second kappa shape index (κ2) is 9.38. The minimum Gasteiger partial charge on any atom is -0.497 e. The Morgan fingerprint density at radius 1 is 1.04 bits per heavy atom. The maximum atomic E-state index is 12.6. The molecule has 1 amide bonds. The molecule has 0 spiro atoms. The number of hydrazine groups is 1. The molecular weight excluding hydrogens is 378 g/mol. The number of benzene rings is 2. The van der Waals surface area contributed by atoms with E-state index in [1.54, 1.807) is 57.4 Å². The molecule has 2 aromatic carbocycles. The van der Waals surface area contributed by atoms with Gasteiger partial charge in [-0.05, 0) is 48.0 Å². The lowest BCUT2D eigenvalue weighted by molar-refractivity contribution is 0.0942. The first-order valence-electron chi connectivity index (χ1n) is 8.83. The lowest BCUT2D eigenvalue weighted by atomic mass is 10.2. The molecule has 0 aliphatic heterocycles. The highest BCUT2D eigenvalue weighted by molar-refractivity contribution is 7.89. The number of rotatable bonds is 9. The molecule has 2 aromatic rings.